The topological polar surface area (TPSA) is 66.9 Å². The Balaban J connectivity index is 1.67. The Morgan fingerprint density at radius 1 is 1.00 bits per heavy atom. The van der Waals surface area contributed by atoms with Crippen LogP contribution in [0, 0.1) is 13.8 Å². The number of piperazine rings is 1. The summed E-state index contributed by atoms with van der Waals surface area (Å²) in [5.74, 6) is -0.0764. The van der Waals surface area contributed by atoms with E-state index in [2.05, 4.69) is 0 Å². The number of hydrogen-bond donors (Lipinski definition) is 0. The molecule has 0 radical (unpaired) electrons. The summed E-state index contributed by atoms with van der Waals surface area (Å²) in [4.78, 5) is 14.8. The van der Waals surface area contributed by atoms with Gasteiger partial charge in [0.1, 0.15) is 0 Å². The predicted octanol–water partition coefficient (Wildman–Crippen LogP) is 2.60. The Morgan fingerprint density at radius 3 is 2.21 bits per heavy atom. The van der Waals surface area contributed by atoms with Crippen molar-refractivity contribution >= 4 is 15.9 Å². The highest BCUT2D eigenvalue weighted by atomic mass is 32.2. The lowest BCUT2D eigenvalue weighted by atomic mass is 10.1. The number of nitrogens with zero attached hydrogens (tertiary/aromatic N) is 2. The number of hydrogen-bond acceptors (Lipinski definition) is 4. The zero-order valence-corrected chi connectivity index (χ0v) is 17.3. The lowest BCUT2D eigenvalue weighted by Gasteiger charge is -2.34. The van der Waals surface area contributed by atoms with E-state index in [9.17, 15) is 13.2 Å². The SMILES string of the molecule is COCc1ccc(C(=O)N2CCN(S(=O)(=O)c3ccc(C)cc3C)CC2)cc1. The Hall–Kier alpha value is -2.22. The van der Waals surface area contributed by atoms with Crippen molar-refractivity contribution in [1.29, 1.82) is 0 Å². The minimum absolute atomic E-state index is 0.0764. The number of rotatable bonds is 5. The van der Waals surface area contributed by atoms with E-state index in [4.69, 9.17) is 4.74 Å². The summed E-state index contributed by atoms with van der Waals surface area (Å²) in [6.07, 6.45) is 0. The molecule has 1 heterocycles. The Kier molecular flexibility index (Phi) is 6.17. The molecule has 0 aliphatic carbocycles. The molecule has 0 atom stereocenters. The third-order valence-corrected chi connectivity index (χ3v) is 7.04. The molecule has 28 heavy (non-hydrogen) atoms. The van der Waals surface area contributed by atoms with E-state index in [1.165, 1.54) is 4.31 Å². The number of sulfonamides is 1. The van der Waals surface area contributed by atoms with Gasteiger partial charge in [-0.05, 0) is 43.2 Å². The molecule has 2 aromatic carbocycles. The van der Waals surface area contributed by atoms with Crippen molar-refractivity contribution in [2.24, 2.45) is 0 Å². The van der Waals surface area contributed by atoms with Crippen LogP contribution in [0.3, 0.4) is 0 Å². The van der Waals surface area contributed by atoms with Crippen LogP contribution < -0.4 is 0 Å². The number of amides is 1. The number of carbonyl (C=O) groups is 1. The van der Waals surface area contributed by atoms with Gasteiger partial charge in [-0.1, -0.05) is 29.8 Å². The maximum atomic E-state index is 13.0. The minimum Gasteiger partial charge on any atom is -0.380 e. The lowest BCUT2D eigenvalue weighted by molar-refractivity contribution is 0.0697. The Morgan fingerprint density at radius 2 is 1.64 bits per heavy atom. The van der Waals surface area contributed by atoms with Gasteiger partial charge >= 0.3 is 0 Å². The molecular formula is C21H26N2O4S. The number of carbonyl (C=O) groups excluding carboxylic acids is 1. The molecule has 1 fully saturated rings. The van der Waals surface area contributed by atoms with Crippen molar-refractivity contribution in [2.75, 3.05) is 33.3 Å². The fourth-order valence-electron chi connectivity index (χ4n) is 3.45. The van der Waals surface area contributed by atoms with Crippen LogP contribution in [0.5, 0.6) is 0 Å². The number of methoxy groups -OCH3 is 1. The zero-order chi connectivity index (χ0) is 20.3. The molecule has 0 aromatic heterocycles. The molecule has 1 aliphatic heterocycles. The van der Waals surface area contributed by atoms with Crippen molar-refractivity contribution in [3.63, 3.8) is 0 Å². The molecule has 3 rings (SSSR count). The van der Waals surface area contributed by atoms with Gasteiger partial charge in [-0.2, -0.15) is 4.31 Å². The average Bonchev–Trinajstić information content (AvgIpc) is 2.68. The fraction of sp³-hybridized carbons (Fsp3) is 0.381. The standard InChI is InChI=1S/C21H26N2O4S/c1-16-4-9-20(17(2)14-16)28(25,26)23-12-10-22(11-13-23)21(24)19-7-5-18(6-8-19)15-27-3/h4-9,14H,10-13,15H2,1-3H3. The van der Waals surface area contributed by atoms with Crippen LogP contribution in [-0.4, -0.2) is 56.8 Å². The van der Waals surface area contributed by atoms with Gasteiger partial charge in [0.2, 0.25) is 10.0 Å². The van der Waals surface area contributed by atoms with Crippen LogP contribution in [-0.2, 0) is 21.4 Å². The molecule has 7 heteroatoms. The van der Waals surface area contributed by atoms with Crippen molar-refractivity contribution in [1.82, 2.24) is 9.21 Å². The molecule has 0 saturated carbocycles. The molecule has 0 unspecified atom stereocenters. The molecule has 6 nitrogen and oxygen atoms in total. The summed E-state index contributed by atoms with van der Waals surface area (Å²) in [5, 5.41) is 0. The highest BCUT2D eigenvalue weighted by Crippen LogP contribution is 2.22. The molecule has 1 saturated heterocycles. The highest BCUT2D eigenvalue weighted by Gasteiger charge is 2.31. The van der Waals surface area contributed by atoms with Crippen LogP contribution in [0.2, 0.25) is 0 Å². The van der Waals surface area contributed by atoms with E-state index in [1.807, 2.05) is 38.1 Å². The van der Waals surface area contributed by atoms with Gasteiger partial charge in [-0.25, -0.2) is 8.42 Å². The summed E-state index contributed by atoms with van der Waals surface area (Å²) < 4.78 is 32.5. The second-order valence-electron chi connectivity index (χ2n) is 7.10. The van der Waals surface area contributed by atoms with Crippen molar-refractivity contribution in [3.8, 4) is 0 Å². The van der Waals surface area contributed by atoms with E-state index in [-0.39, 0.29) is 5.91 Å². The quantitative estimate of drug-likeness (QED) is 0.771. The van der Waals surface area contributed by atoms with Gasteiger partial charge in [0.25, 0.3) is 5.91 Å². The predicted molar refractivity (Wildman–Crippen MR) is 108 cm³/mol. The van der Waals surface area contributed by atoms with Crippen LogP contribution >= 0.6 is 0 Å². The summed E-state index contributed by atoms with van der Waals surface area (Å²) in [5.41, 5.74) is 3.38. The Bertz CT molecular complexity index is 947. The normalized spacial score (nSPS) is 15.6. The second-order valence-corrected chi connectivity index (χ2v) is 9.00. The molecule has 0 N–H and O–H groups in total. The molecule has 0 bridgehead atoms. The monoisotopic (exact) mass is 402 g/mol. The molecule has 1 amide bonds. The van der Waals surface area contributed by atoms with E-state index in [0.717, 1.165) is 16.7 Å². The molecular weight excluding hydrogens is 376 g/mol. The first-order valence-corrected chi connectivity index (χ1v) is 10.7. The number of aryl methyl sites for hydroxylation is 2. The number of ether oxygens (including phenoxy) is 1. The minimum atomic E-state index is -3.55. The maximum Gasteiger partial charge on any atom is 0.253 e. The largest absolute Gasteiger partial charge is 0.380 e. The van der Waals surface area contributed by atoms with Crippen LogP contribution in [0.1, 0.15) is 27.0 Å². The van der Waals surface area contributed by atoms with E-state index < -0.39 is 10.0 Å². The van der Waals surface area contributed by atoms with Crippen molar-refractivity contribution in [2.45, 2.75) is 25.3 Å². The van der Waals surface area contributed by atoms with Gasteiger partial charge in [-0.15, -0.1) is 0 Å². The van der Waals surface area contributed by atoms with E-state index >= 15 is 0 Å². The van der Waals surface area contributed by atoms with Gasteiger partial charge in [0, 0.05) is 38.9 Å². The van der Waals surface area contributed by atoms with Gasteiger partial charge in [-0.3, -0.25) is 4.79 Å². The summed E-state index contributed by atoms with van der Waals surface area (Å²) >= 11 is 0. The fourth-order valence-corrected chi connectivity index (χ4v) is 5.08. The first-order chi connectivity index (χ1) is 13.3. The first-order valence-electron chi connectivity index (χ1n) is 9.27. The van der Waals surface area contributed by atoms with Gasteiger partial charge < -0.3 is 9.64 Å². The third kappa shape index (κ3) is 4.27. The maximum absolute atomic E-state index is 13.0. The van der Waals surface area contributed by atoms with Crippen LogP contribution in [0.15, 0.2) is 47.4 Å². The summed E-state index contributed by atoms with van der Waals surface area (Å²) in [7, 11) is -1.92. The third-order valence-electron chi connectivity index (χ3n) is 4.99. The van der Waals surface area contributed by atoms with Crippen molar-refractivity contribution < 1.29 is 17.9 Å². The Labute approximate surface area is 166 Å². The summed E-state index contributed by atoms with van der Waals surface area (Å²) in [6, 6.07) is 12.7. The van der Waals surface area contributed by atoms with Crippen LogP contribution in [0.4, 0.5) is 0 Å². The average molecular weight is 403 g/mol. The highest BCUT2D eigenvalue weighted by molar-refractivity contribution is 7.89. The first kappa shape index (κ1) is 20.5. The van der Waals surface area contributed by atoms with Gasteiger partial charge in [0.15, 0.2) is 0 Å². The second kappa shape index (κ2) is 8.43. The lowest BCUT2D eigenvalue weighted by Crippen LogP contribution is -2.50. The summed E-state index contributed by atoms with van der Waals surface area (Å²) in [6.45, 7) is 5.60. The zero-order valence-electron chi connectivity index (χ0n) is 16.5. The van der Waals surface area contributed by atoms with Crippen LogP contribution in [0.25, 0.3) is 0 Å². The number of benzene rings is 2. The molecule has 0 spiro atoms. The molecule has 2 aromatic rings. The molecule has 150 valence electrons. The smallest absolute Gasteiger partial charge is 0.253 e. The van der Waals surface area contributed by atoms with Crippen molar-refractivity contribution in [3.05, 3.63) is 64.7 Å². The van der Waals surface area contributed by atoms with E-state index in [0.29, 0.717) is 43.2 Å². The van der Waals surface area contributed by atoms with E-state index in [1.54, 1.807) is 30.2 Å². The van der Waals surface area contributed by atoms with Gasteiger partial charge in [0.05, 0.1) is 11.5 Å². The molecule has 1 aliphatic rings.